The average molecular weight is 255 g/mol. The topological polar surface area (TPSA) is 117 Å². The van der Waals surface area contributed by atoms with Crippen LogP contribution in [-0.4, -0.2) is 81.3 Å². The minimum Gasteiger partial charge on any atom is -0.311 e. The molecule has 3 heterocycles. The molecule has 0 spiro atoms. The van der Waals surface area contributed by atoms with Crippen LogP contribution >= 0.6 is 0 Å². The predicted octanol–water partition coefficient (Wildman–Crippen LogP) is -1.43. The molecule has 0 atom stereocenters. The standard InChI is InChI=1S/C8H4N6O2.K/c15-7-3-5(9-1-11-7)13-4-6(14-3)10-2-12-8(4)16;/h1-2H,(H,9,11,13,15)(H,10,12,14,16);. The zero-order valence-corrected chi connectivity index (χ0v) is 11.9. The normalized spacial score (nSPS) is 10.4. The summed E-state index contributed by atoms with van der Waals surface area (Å²) in [6.45, 7) is 0. The van der Waals surface area contributed by atoms with Gasteiger partial charge in [0.05, 0.1) is 12.7 Å². The first-order valence-electron chi connectivity index (χ1n) is 4.34. The first-order chi connectivity index (χ1) is 7.75. The molecule has 79 valence electrons. The fraction of sp³-hybridized carbons (Fsp3) is 0. The maximum atomic E-state index is 11.4. The fourth-order valence-corrected chi connectivity index (χ4v) is 1.34. The molecule has 1 radical (unpaired) electrons. The van der Waals surface area contributed by atoms with E-state index in [9.17, 15) is 9.59 Å². The van der Waals surface area contributed by atoms with Crippen molar-refractivity contribution in [3.63, 3.8) is 0 Å². The fourth-order valence-electron chi connectivity index (χ4n) is 1.34. The molecule has 3 aromatic heterocycles. The van der Waals surface area contributed by atoms with Crippen molar-refractivity contribution in [1.82, 2.24) is 29.9 Å². The molecule has 0 saturated carbocycles. The summed E-state index contributed by atoms with van der Waals surface area (Å²) in [4.78, 5) is 43.1. The van der Waals surface area contributed by atoms with Crippen molar-refractivity contribution >= 4 is 73.7 Å². The van der Waals surface area contributed by atoms with Gasteiger partial charge in [-0.3, -0.25) is 9.59 Å². The summed E-state index contributed by atoms with van der Waals surface area (Å²) in [5.41, 5.74) is -0.464. The summed E-state index contributed by atoms with van der Waals surface area (Å²) in [7, 11) is 0. The van der Waals surface area contributed by atoms with Gasteiger partial charge < -0.3 is 9.97 Å². The number of H-pyrrole nitrogens is 2. The van der Waals surface area contributed by atoms with Gasteiger partial charge >= 0.3 is 0 Å². The monoisotopic (exact) mass is 255 g/mol. The van der Waals surface area contributed by atoms with Crippen LogP contribution in [0.25, 0.3) is 22.3 Å². The number of nitrogens with one attached hydrogen (secondary N) is 2. The van der Waals surface area contributed by atoms with Crippen molar-refractivity contribution in [2.24, 2.45) is 0 Å². The Labute approximate surface area is 135 Å². The van der Waals surface area contributed by atoms with Gasteiger partial charge in [-0.2, -0.15) is 0 Å². The van der Waals surface area contributed by atoms with Crippen LogP contribution < -0.4 is 11.1 Å². The van der Waals surface area contributed by atoms with Gasteiger partial charge in [-0.15, -0.1) is 0 Å². The molecule has 17 heavy (non-hydrogen) atoms. The molecule has 0 unspecified atom stereocenters. The van der Waals surface area contributed by atoms with Gasteiger partial charge in [-0.25, -0.2) is 19.9 Å². The largest absolute Gasteiger partial charge is 0.311 e. The first-order valence-corrected chi connectivity index (χ1v) is 4.34. The SMILES string of the molecule is O=c1[nH]cnc2nc3c(=O)[nH]cnc3nc12.[K]. The second kappa shape index (κ2) is 4.70. The summed E-state index contributed by atoms with van der Waals surface area (Å²) in [6, 6.07) is 0. The van der Waals surface area contributed by atoms with Crippen molar-refractivity contribution in [2.45, 2.75) is 0 Å². The van der Waals surface area contributed by atoms with Crippen molar-refractivity contribution in [3.8, 4) is 0 Å². The van der Waals surface area contributed by atoms with Gasteiger partial charge in [0.2, 0.25) is 0 Å². The zero-order chi connectivity index (χ0) is 11.1. The number of aromatic nitrogens is 6. The summed E-state index contributed by atoms with van der Waals surface area (Å²) in [5, 5.41) is 0. The number of nitrogens with zero attached hydrogens (tertiary/aromatic N) is 4. The van der Waals surface area contributed by atoms with Crippen LogP contribution in [0.5, 0.6) is 0 Å². The Kier molecular flexibility index (Phi) is 3.44. The van der Waals surface area contributed by atoms with E-state index < -0.39 is 11.1 Å². The minimum absolute atomic E-state index is 0. The number of hydrogen-bond acceptors (Lipinski definition) is 6. The second-order valence-corrected chi connectivity index (χ2v) is 3.03. The van der Waals surface area contributed by atoms with E-state index >= 15 is 0 Å². The molecule has 0 bridgehead atoms. The van der Waals surface area contributed by atoms with Crippen LogP contribution in [0.15, 0.2) is 22.2 Å². The van der Waals surface area contributed by atoms with Crippen LogP contribution in [0.1, 0.15) is 0 Å². The smallest absolute Gasteiger partial charge is 0.278 e. The van der Waals surface area contributed by atoms with Crippen LogP contribution in [0.2, 0.25) is 0 Å². The van der Waals surface area contributed by atoms with Crippen molar-refractivity contribution in [2.75, 3.05) is 0 Å². The van der Waals surface area contributed by atoms with Gasteiger partial charge in [0.1, 0.15) is 0 Å². The number of aromatic amines is 2. The van der Waals surface area contributed by atoms with E-state index in [-0.39, 0.29) is 73.7 Å². The van der Waals surface area contributed by atoms with Crippen molar-refractivity contribution in [1.29, 1.82) is 0 Å². The third kappa shape index (κ3) is 2.07. The molecule has 0 saturated heterocycles. The van der Waals surface area contributed by atoms with Crippen LogP contribution in [0, 0.1) is 0 Å². The van der Waals surface area contributed by atoms with Crippen LogP contribution in [0.3, 0.4) is 0 Å². The molecule has 0 amide bonds. The Balaban J connectivity index is 0.00000108. The van der Waals surface area contributed by atoms with E-state index in [2.05, 4.69) is 29.9 Å². The molecular formula is C8H4KN6O2. The van der Waals surface area contributed by atoms with E-state index in [4.69, 9.17) is 0 Å². The third-order valence-electron chi connectivity index (χ3n) is 2.05. The minimum atomic E-state index is -0.415. The summed E-state index contributed by atoms with van der Waals surface area (Å²) in [5.74, 6) is 0. The molecular weight excluding hydrogens is 251 g/mol. The molecule has 0 aliphatic heterocycles. The molecule has 0 fully saturated rings. The van der Waals surface area contributed by atoms with Gasteiger partial charge in [-0.1, -0.05) is 0 Å². The molecule has 0 aliphatic carbocycles. The Morgan fingerprint density at radius 2 is 1.24 bits per heavy atom. The molecule has 3 rings (SSSR count). The predicted molar refractivity (Wildman–Crippen MR) is 59.6 cm³/mol. The number of fused-ring (bicyclic) bond motifs is 2. The Hall–Kier alpha value is -1.00. The summed E-state index contributed by atoms with van der Waals surface area (Å²) in [6.07, 6.45) is 2.41. The zero-order valence-electron chi connectivity index (χ0n) is 8.76. The number of hydrogen-bond donors (Lipinski definition) is 2. The van der Waals surface area contributed by atoms with E-state index in [1.807, 2.05) is 0 Å². The Bertz CT molecular complexity index is 741. The van der Waals surface area contributed by atoms with E-state index in [0.29, 0.717) is 0 Å². The van der Waals surface area contributed by atoms with Crippen molar-refractivity contribution < 1.29 is 0 Å². The molecule has 0 aliphatic rings. The van der Waals surface area contributed by atoms with Gasteiger partial charge in [-0.05, 0) is 0 Å². The summed E-state index contributed by atoms with van der Waals surface area (Å²) < 4.78 is 0. The van der Waals surface area contributed by atoms with Crippen molar-refractivity contribution in [3.05, 3.63) is 33.4 Å². The third-order valence-corrected chi connectivity index (χ3v) is 2.05. The molecule has 3 aromatic rings. The Morgan fingerprint density at radius 3 is 1.65 bits per heavy atom. The van der Waals surface area contributed by atoms with Gasteiger partial charge in [0.25, 0.3) is 11.1 Å². The van der Waals surface area contributed by atoms with E-state index in [1.54, 1.807) is 0 Å². The van der Waals surface area contributed by atoms with Gasteiger partial charge in [0.15, 0.2) is 22.3 Å². The maximum absolute atomic E-state index is 11.4. The van der Waals surface area contributed by atoms with E-state index in [0.717, 1.165) is 0 Å². The average Bonchev–Trinajstić information content (AvgIpc) is 2.29. The molecule has 0 aromatic carbocycles. The summed E-state index contributed by atoms with van der Waals surface area (Å²) >= 11 is 0. The molecule has 8 nitrogen and oxygen atoms in total. The molecule has 2 N–H and O–H groups in total. The Morgan fingerprint density at radius 1 is 0.824 bits per heavy atom. The van der Waals surface area contributed by atoms with Crippen LogP contribution in [-0.2, 0) is 0 Å². The maximum Gasteiger partial charge on any atom is 0.278 e. The van der Waals surface area contributed by atoms with Crippen LogP contribution in [0.4, 0.5) is 0 Å². The second-order valence-electron chi connectivity index (χ2n) is 3.03. The van der Waals surface area contributed by atoms with E-state index in [1.165, 1.54) is 12.7 Å². The molecule has 9 heteroatoms. The quantitative estimate of drug-likeness (QED) is 0.375. The first kappa shape index (κ1) is 12.5. The number of rotatable bonds is 0. The van der Waals surface area contributed by atoms with Gasteiger partial charge in [0, 0.05) is 51.4 Å².